The minimum absolute atomic E-state index is 0.0171. The fourth-order valence-corrected chi connectivity index (χ4v) is 5.04. The van der Waals surface area contributed by atoms with Gasteiger partial charge in [-0.3, -0.25) is 4.79 Å². The molecule has 156 valence electrons. The Morgan fingerprint density at radius 2 is 1.69 bits per heavy atom. The third-order valence-electron chi connectivity index (χ3n) is 5.48. The first kappa shape index (κ1) is 21.5. The van der Waals surface area contributed by atoms with E-state index in [0.29, 0.717) is 44.2 Å². The fraction of sp³-hybridized carbons (Fsp3) is 0.409. The van der Waals surface area contributed by atoms with Gasteiger partial charge >= 0.3 is 0 Å². The third-order valence-corrected chi connectivity index (χ3v) is 7.39. The van der Waals surface area contributed by atoms with Crippen LogP contribution in [0.5, 0.6) is 0 Å². The van der Waals surface area contributed by atoms with Crippen LogP contribution in [0.4, 0.5) is 0 Å². The zero-order valence-corrected chi connectivity index (χ0v) is 18.0. The van der Waals surface area contributed by atoms with Crippen LogP contribution in [-0.4, -0.2) is 57.9 Å². The molecule has 0 aromatic heterocycles. The van der Waals surface area contributed by atoms with Gasteiger partial charge in [-0.2, -0.15) is 4.31 Å². The van der Waals surface area contributed by atoms with Gasteiger partial charge in [0.1, 0.15) is 0 Å². The van der Waals surface area contributed by atoms with Crippen molar-refractivity contribution in [2.45, 2.75) is 25.2 Å². The highest BCUT2D eigenvalue weighted by Crippen LogP contribution is 2.16. The van der Waals surface area contributed by atoms with Gasteiger partial charge in [0.05, 0.1) is 31.1 Å². The minimum Gasteiger partial charge on any atom is -0.351 e. The average molecular weight is 417 g/mol. The standard InChI is InChI=1S/C22H29N3O3S/c1-18-7-9-21(10-8-18)29(27,28)25-15-13-24(14-16-25)17-22(26)23-12-11-20-6-4-3-5-19(20)2/h3-10H,11-17H2,1-2H3,(H,23,26)/p+1. The molecule has 1 aliphatic heterocycles. The lowest BCUT2D eigenvalue weighted by atomic mass is 10.1. The normalized spacial score (nSPS) is 15.9. The molecule has 1 aliphatic rings. The van der Waals surface area contributed by atoms with Gasteiger partial charge in [0, 0.05) is 6.54 Å². The summed E-state index contributed by atoms with van der Waals surface area (Å²) in [7, 11) is -3.46. The van der Waals surface area contributed by atoms with Crippen LogP contribution in [0, 0.1) is 13.8 Å². The van der Waals surface area contributed by atoms with Crippen molar-refractivity contribution in [1.29, 1.82) is 0 Å². The molecular formula is C22H30N3O3S+. The van der Waals surface area contributed by atoms with E-state index < -0.39 is 10.0 Å². The van der Waals surface area contributed by atoms with E-state index in [1.54, 1.807) is 12.1 Å². The SMILES string of the molecule is Cc1ccc(S(=O)(=O)N2CC[NH+](CC(=O)NCCc3ccccc3C)CC2)cc1. The van der Waals surface area contributed by atoms with Crippen molar-refractivity contribution in [3.8, 4) is 0 Å². The van der Waals surface area contributed by atoms with Crippen molar-refractivity contribution in [3.63, 3.8) is 0 Å². The average Bonchev–Trinajstić information content (AvgIpc) is 2.70. The van der Waals surface area contributed by atoms with Crippen LogP contribution in [-0.2, 0) is 21.2 Å². The van der Waals surface area contributed by atoms with Crippen LogP contribution >= 0.6 is 0 Å². The van der Waals surface area contributed by atoms with Crippen molar-refractivity contribution in [2.75, 3.05) is 39.3 Å². The molecule has 2 N–H and O–H groups in total. The second-order valence-corrected chi connectivity index (χ2v) is 9.61. The molecule has 2 aromatic carbocycles. The molecule has 0 radical (unpaired) electrons. The number of amides is 1. The largest absolute Gasteiger partial charge is 0.351 e. The van der Waals surface area contributed by atoms with Crippen molar-refractivity contribution < 1.29 is 18.1 Å². The summed E-state index contributed by atoms with van der Waals surface area (Å²) in [4.78, 5) is 13.7. The number of hydrogen-bond acceptors (Lipinski definition) is 3. The lowest BCUT2D eigenvalue weighted by molar-refractivity contribution is -0.895. The number of piperazine rings is 1. The number of nitrogens with one attached hydrogen (secondary N) is 2. The molecule has 0 unspecified atom stereocenters. The Bertz CT molecular complexity index is 934. The van der Waals surface area contributed by atoms with Gasteiger partial charge in [-0.05, 0) is 43.5 Å². The number of nitrogens with zero attached hydrogens (tertiary/aromatic N) is 1. The molecule has 7 heteroatoms. The highest BCUT2D eigenvalue weighted by atomic mass is 32.2. The topological polar surface area (TPSA) is 70.9 Å². The Balaban J connectivity index is 1.44. The molecular weight excluding hydrogens is 386 g/mol. The van der Waals surface area contributed by atoms with Crippen molar-refractivity contribution in [3.05, 3.63) is 65.2 Å². The molecule has 0 saturated carbocycles. The van der Waals surface area contributed by atoms with Gasteiger partial charge < -0.3 is 10.2 Å². The predicted molar refractivity (Wildman–Crippen MR) is 113 cm³/mol. The van der Waals surface area contributed by atoms with E-state index in [9.17, 15) is 13.2 Å². The maximum absolute atomic E-state index is 12.8. The number of carbonyl (C=O) groups is 1. The summed E-state index contributed by atoms with van der Waals surface area (Å²) in [5, 5.41) is 2.99. The summed E-state index contributed by atoms with van der Waals surface area (Å²) in [5.74, 6) is 0.0171. The minimum atomic E-state index is -3.46. The first-order valence-corrected chi connectivity index (χ1v) is 11.5. The Labute approximate surface area is 173 Å². The lowest BCUT2D eigenvalue weighted by Gasteiger charge is -2.31. The molecule has 29 heavy (non-hydrogen) atoms. The number of aryl methyl sites for hydroxylation is 2. The fourth-order valence-electron chi connectivity index (χ4n) is 3.60. The van der Waals surface area contributed by atoms with Gasteiger partial charge in [-0.1, -0.05) is 42.0 Å². The van der Waals surface area contributed by atoms with Crippen LogP contribution in [0.15, 0.2) is 53.4 Å². The summed E-state index contributed by atoms with van der Waals surface area (Å²) in [6.45, 7) is 7.14. The first-order valence-electron chi connectivity index (χ1n) is 10.1. The van der Waals surface area contributed by atoms with Crippen molar-refractivity contribution >= 4 is 15.9 Å². The van der Waals surface area contributed by atoms with Crippen molar-refractivity contribution in [1.82, 2.24) is 9.62 Å². The zero-order valence-electron chi connectivity index (χ0n) is 17.1. The quantitative estimate of drug-likeness (QED) is 0.693. The van der Waals surface area contributed by atoms with E-state index in [-0.39, 0.29) is 5.91 Å². The number of sulfonamides is 1. The Kier molecular flexibility index (Phi) is 7.05. The number of rotatable bonds is 7. The number of quaternary nitrogens is 1. The monoisotopic (exact) mass is 416 g/mol. The molecule has 1 saturated heterocycles. The Hall–Kier alpha value is -2.22. The van der Waals surface area contributed by atoms with Gasteiger partial charge in [-0.25, -0.2) is 8.42 Å². The number of hydrogen-bond donors (Lipinski definition) is 2. The van der Waals surface area contributed by atoms with E-state index in [2.05, 4.69) is 24.4 Å². The second-order valence-electron chi connectivity index (χ2n) is 7.67. The van der Waals surface area contributed by atoms with Crippen LogP contribution in [0.25, 0.3) is 0 Å². The molecule has 1 heterocycles. The van der Waals surface area contributed by atoms with Gasteiger partial charge in [0.25, 0.3) is 5.91 Å². The van der Waals surface area contributed by atoms with Crippen LogP contribution in [0.1, 0.15) is 16.7 Å². The highest BCUT2D eigenvalue weighted by molar-refractivity contribution is 7.89. The summed E-state index contributed by atoms with van der Waals surface area (Å²) in [6.07, 6.45) is 0.816. The first-order chi connectivity index (χ1) is 13.9. The smallest absolute Gasteiger partial charge is 0.275 e. The molecule has 0 aliphatic carbocycles. The maximum atomic E-state index is 12.8. The van der Waals surface area contributed by atoms with Crippen LogP contribution < -0.4 is 10.2 Å². The van der Waals surface area contributed by atoms with Crippen LogP contribution in [0.3, 0.4) is 0 Å². The molecule has 0 bridgehead atoms. The molecule has 0 atom stereocenters. The van der Waals surface area contributed by atoms with Crippen molar-refractivity contribution in [2.24, 2.45) is 0 Å². The van der Waals surface area contributed by atoms with E-state index in [0.717, 1.165) is 16.9 Å². The summed E-state index contributed by atoms with van der Waals surface area (Å²) >= 11 is 0. The summed E-state index contributed by atoms with van der Waals surface area (Å²) in [6, 6.07) is 15.1. The van der Waals surface area contributed by atoms with Gasteiger partial charge in [0.15, 0.2) is 6.54 Å². The Morgan fingerprint density at radius 1 is 1.03 bits per heavy atom. The molecule has 1 fully saturated rings. The number of carbonyl (C=O) groups excluding carboxylic acids is 1. The lowest BCUT2D eigenvalue weighted by Crippen LogP contribution is -3.15. The van der Waals surface area contributed by atoms with E-state index in [1.165, 1.54) is 15.4 Å². The zero-order chi connectivity index (χ0) is 20.9. The van der Waals surface area contributed by atoms with E-state index in [1.807, 2.05) is 31.2 Å². The summed E-state index contributed by atoms with van der Waals surface area (Å²) in [5.41, 5.74) is 3.51. The predicted octanol–water partition coefficient (Wildman–Crippen LogP) is 0.552. The molecule has 2 aromatic rings. The van der Waals surface area contributed by atoms with E-state index >= 15 is 0 Å². The molecule has 6 nitrogen and oxygen atoms in total. The second kappa shape index (κ2) is 9.52. The van der Waals surface area contributed by atoms with Crippen LogP contribution in [0.2, 0.25) is 0 Å². The molecule has 0 spiro atoms. The molecule has 3 rings (SSSR count). The highest BCUT2D eigenvalue weighted by Gasteiger charge is 2.30. The molecule has 1 amide bonds. The van der Waals surface area contributed by atoms with E-state index in [4.69, 9.17) is 0 Å². The summed E-state index contributed by atoms with van der Waals surface area (Å²) < 4.78 is 27.1. The third kappa shape index (κ3) is 5.65. The van der Waals surface area contributed by atoms with Gasteiger partial charge in [0.2, 0.25) is 10.0 Å². The van der Waals surface area contributed by atoms with Gasteiger partial charge in [-0.15, -0.1) is 0 Å². The Morgan fingerprint density at radius 3 is 2.34 bits per heavy atom. The maximum Gasteiger partial charge on any atom is 0.275 e. The number of benzene rings is 2.